The molecule has 0 aromatic heterocycles. The molecular weight excluding hydrogens is 188 g/mol. The first-order valence-corrected chi connectivity index (χ1v) is 4.44. The summed E-state index contributed by atoms with van der Waals surface area (Å²) in [5.41, 5.74) is 5.12. The highest BCUT2D eigenvalue weighted by Gasteiger charge is 2.30. The molecule has 1 aliphatic rings. The smallest absolute Gasteiger partial charge is 0.242 e. The van der Waals surface area contributed by atoms with Crippen molar-refractivity contribution >= 4 is 11.8 Å². The number of aliphatic hydroxyl groups excluding tert-OH is 1. The number of amides is 2. The minimum Gasteiger partial charge on any atom is -0.396 e. The number of rotatable bonds is 3. The van der Waals surface area contributed by atoms with Gasteiger partial charge < -0.3 is 20.5 Å². The Balaban J connectivity index is 2.62. The Morgan fingerprint density at radius 2 is 2.29 bits per heavy atom. The van der Waals surface area contributed by atoms with Crippen LogP contribution < -0.4 is 5.73 Å². The average Bonchev–Trinajstić information content (AvgIpc) is 2.18. The number of hydrogen-bond donors (Lipinski definition) is 2. The highest BCUT2D eigenvalue weighted by molar-refractivity contribution is 5.86. The summed E-state index contributed by atoms with van der Waals surface area (Å²) >= 11 is 0. The maximum atomic E-state index is 11.4. The number of ether oxygens (including phenoxy) is 1. The predicted molar refractivity (Wildman–Crippen MR) is 47.2 cm³/mol. The first-order chi connectivity index (χ1) is 6.66. The standard InChI is InChI=1S/C8H14N2O4/c9-8(13)6-5-14-4-2-10(6)7(12)1-3-11/h6,11H,1-5H2,(H2,9,13)/t6-/m0/s1. The minimum atomic E-state index is -0.692. The summed E-state index contributed by atoms with van der Waals surface area (Å²) in [4.78, 5) is 23.7. The van der Waals surface area contributed by atoms with Crippen LogP contribution in [0.3, 0.4) is 0 Å². The van der Waals surface area contributed by atoms with Crippen molar-refractivity contribution in [1.82, 2.24) is 4.90 Å². The van der Waals surface area contributed by atoms with Crippen molar-refractivity contribution in [2.24, 2.45) is 5.73 Å². The fourth-order valence-corrected chi connectivity index (χ4v) is 1.38. The topological polar surface area (TPSA) is 92.9 Å². The minimum absolute atomic E-state index is 0.0176. The number of primary amides is 1. The Hall–Kier alpha value is -1.14. The number of hydrogen-bond acceptors (Lipinski definition) is 4. The van der Waals surface area contributed by atoms with Crippen LogP contribution >= 0.6 is 0 Å². The Labute approximate surface area is 81.6 Å². The van der Waals surface area contributed by atoms with Gasteiger partial charge in [-0.15, -0.1) is 0 Å². The summed E-state index contributed by atoms with van der Waals surface area (Å²) in [7, 11) is 0. The SMILES string of the molecule is NC(=O)[C@@H]1COCCN1C(=O)CCO. The van der Waals surface area contributed by atoms with Crippen LogP contribution in [0.4, 0.5) is 0 Å². The second-order valence-corrected chi connectivity index (χ2v) is 3.05. The summed E-state index contributed by atoms with van der Waals surface area (Å²) in [5, 5.41) is 8.60. The number of carbonyl (C=O) groups is 2. The average molecular weight is 202 g/mol. The van der Waals surface area contributed by atoms with Gasteiger partial charge in [-0.2, -0.15) is 0 Å². The quantitative estimate of drug-likeness (QED) is 0.558. The van der Waals surface area contributed by atoms with E-state index in [9.17, 15) is 9.59 Å². The van der Waals surface area contributed by atoms with Crippen molar-refractivity contribution in [3.63, 3.8) is 0 Å². The molecule has 0 spiro atoms. The lowest BCUT2D eigenvalue weighted by Crippen LogP contribution is -2.54. The van der Waals surface area contributed by atoms with E-state index >= 15 is 0 Å². The molecule has 3 N–H and O–H groups in total. The molecule has 1 rings (SSSR count). The van der Waals surface area contributed by atoms with E-state index in [0.717, 1.165) is 0 Å². The fourth-order valence-electron chi connectivity index (χ4n) is 1.38. The molecule has 80 valence electrons. The van der Waals surface area contributed by atoms with E-state index in [0.29, 0.717) is 13.2 Å². The van der Waals surface area contributed by atoms with E-state index in [1.807, 2.05) is 0 Å². The van der Waals surface area contributed by atoms with E-state index in [4.69, 9.17) is 15.6 Å². The second-order valence-electron chi connectivity index (χ2n) is 3.05. The third-order valence-corrected chi connectivity index (χ3v) is 2.10. The molecule has 0 aromatic carbocycles. The molecule has 0 saturated carbocycles. The van der Waals surface area contributed by atoms with Gasteiger partial charge in [-0.05, 0) is 0 Å². The van der Waals surface area contributed by atoms with Gasteiger partial charge in [0.1, 0.15) is 6.04 Å². The molecule has 0 aliphatic carbocycles. The van der Waals surface area contributed by atoms with E-state index in [1.165, 1.54) is 4.90 Å². The van der Waals surface area contributed by atoms with Gasteiger partial charge in [-0.3, -0.25) is 9.59 Å². The first-order valence-electron chi connectivity index (χ1n) is 4.44. The van der Waals surface area contributed by atoms with Crippen LogP contribution in [0.5, 0.6) is 0 Å². The summed E-state index contributed by atoms with van der Waals surface area (Å²) in [5.74, 6) is -0.837. The number of morpholine rings is 1. The molecule has 1 aliphatic heterocycles. The highest BCUT2D eigenvalue weighted by atomic mass is 16.5. The van der Waals surface area contributed by atoms with Crippen LogP contribution in [0.2, 0.25) is 0 Å². The van der Waals surface area contributed by atoms with Gasteiger partial charge in [0, 0.05) is 13.0 Å². The van der Waals surface area contributed by atoms with Crippen LogP contribution in [0.15, 0.2) is 0 Å². The third-order valence-electron chi connectivity index (χ3n) is 2.10. The second kappa shape index (κ2) is 4.92. The van der Waals surface area contributed by atoms with Crippen LogP contribution in [0.1, 0.15) is 6.42 Å². The van der Waals surface area contributed by atoms with Crippen LogP contribution in [-0.2, 0) is 14.3 Å². The summed E-state index contributed by atoms with van der Waals surface area (Å²) in [6.45, 7) is 0.682. The van der Waals surface area contributed by atoms with Crippen molar-refractivity contribution < 1.29 is 19.4 Å². The Kier molecular flexibility index (Phi) is 3.84. The maximum Gasteiger partial charge on any atom is 0.242 e. The largest absolute Gasteiger partial charge is 0.396 e. The molecular formula is C8H14N2O4. The number of carbonyl (C=O) groups excluding carboxylic acids is 2. The van der Waals surface area contributed by atoms with Crippen molar-refractivity contribution in [2.75, 3.05) is 26.4 Å². The number of nitrogens with zero attached hydrogens (tertiary/aromatic N) is 1. The monoisotopic (exact) mass is 202 g/mol. The Morgan fingerprint density at radius 3 is 2.86 bits per heavy atom. The van der Waals surface area contributed by atoms with Gasteiger partial charge in [0.15, 0.2) is 0 Å². The molecule has 6 nitrogen and oxygen atoms in total. The molecule has 14 heavy (non-hydrogen) atoms. The Bertz CT molecular complexity index is 231. The van der Waals surface area contributed by atoms with Crippen molar-refractivity contribution in [2.45, 2.75) is 12.5 Å². The molecule has 0 aromatic rings. The van der Waals surface area contributed by atoms with E-state index in [2.05, 4.69) is 0 Å². The Morgan fingerprint density at radius 1 is 1.57 bits per heavy atom. The van der Waals surface area contributed by atoms with Gasteiger partial charge in [-0.1, -0.05) is 0 Å². The van der Waals surface area contributed by atoms with E-state index < -0.39 is 11.9 Å². The molecule has 1 fully saturated rings. The third kappa shape index (κ3) is 2.43. The van der Waals surface area contributed by atoms with E-state index in [-0.39, 0.29) is 25.5 Å². The molecule has 6 heteroatoms. The van der Waals surface area contributed by atoms with Gasteiger partial charge >= 0.3 is 0 Å². The first kappa shape index (κ1) is 10.9. The summed E-state index contributed by atoms with van der Waals surface area (Å²) in [6.07, 6.45) is 0.0176. The van der Waals surface area contributed by atoms with Gasteiger partial charge in [0.2, 0.25) is 11.8 Å². The molecule has 1 atom stereocenters. The zero-order valence-electron chi connectivity index (χ0n) is 7.81. The molecule has 0 radical (unpaired) electrons. The zero-order valence-corrected chi connectivity index (χ0v) is 7.81. The van der Waals surface area contributed by atoms with Crippen LogP contribution in [0.25, 0.3) is 0 Å². The van der Waals surface area contributed by atoms with Gasteiger partial charge in [-0.25, -0.2) is 0 Å². The maximum absolute atomic E-state index is 11.4. The van der Waals surface area contributed by atoms with Crippen LogP contribution in [0, 0.1) is 0 Å². The lowest BCUT2D eigenvalue weighted by molar-refractivity contribution is -0.147. The van der Waals surface area contributed by atoms with E-state index in [1.54, 1.807) is 0 Å². The molecule has 1 heterocycles. The van der Waals surface area contributed by atoms with Gasteiger partial charge in [0.25, 0.3) is 0 Å². The highest BCUT2D eigenvalue weighted by Crippen LogP contribution is 2.08. The lowest BCUT2D eigenvalue weighted by atomic mass is 10.2. The fraction of sp³-hybridized carbons (Fsp3) is 0.750. The van der Waals surface area contributed by atoms with Crippen molar-refractivity contribution in [1.29, 1.82) is 0 Å². The normalized spacial score (nSPS) is 22.1. The molecule has 0 unspecified atom stereocenters. The molecule has 2 amide bonds. The zero-order chi connectivity index (χ0) is 10.6. The summed E-state index contributed by atoms with van der Waals surface area (Å²) in [6, 6.07) is -0.692. The molecule has 0 bridgehead atoms. The summed E-state index contributed by atoms with van der Waals surface area (Å²) < 4.78 is 5.04. The van der Waals surface area contributed by atoms with Gasteiger partial charge in [0.05, 0.1) is 19.8 Å². The number of nitrogens with two attached hydrogens (primary N) is 1. The lowest BCUT2D eigenvalue weighted by Gasteiger charge is -2.33. The van der Waals surface area contributed by atoms with Crippen molar-refractivity contribution in [3.05, 3.63) is 0 Å². The predicted octanol–water partition coefficient (Wildman–Crippen LogP) is -1.92. The van der Waals surface area contributed by atoms with Crippen LogP contribution in [-0.4, -0.2) is 54.2 Å². The number of aliphatic hydroxyl groups is 1. The molecule has 1 saturated heterocycles. The van der Waals surface area contributed by atoms with Crippen molar-refractivity contribution in [3.8, 4) is 0 Å².